The zero-order chi connectivity index (χ0) is 13.9. The van der Waals surface area contributed by atoms with Crippen LogP contribution in [-0.2, 0) is 4.79 Å². The summed E-state index contributed by atoms with van der Waals surface area (Å²) in [4.78, 5) is 15.2. The number of carbonyl (C=O) groups is 1. The summed E-state index contributed by atoms with van der Waals surface area (Å²) < 4.78 is 0. The van der Waals surface area contributed by atoms with E-state index in [0.29, 0.717) is 11.8 Å². The third-order valence-corrected chi connectivity index (χ3v) is 6.69. The van der Waals surface area contributed by atoms with Gasteiger partial charge in [-0.2, -0.15) is 0 Å². The zero-order valence-corrected chi connectivity index (χ0v) is 12.6. The van der Waals surface area contributed by atoms with Crippen LogP contribution in [0.1, 0.15) is 51.9 Å². The van der Waals surface area contributed by atoms with Crippen LogP contribution in [-0.4, -0.2) is 35.1 Å². The van der Waals surface area contributed by atoms with Crippen molar-refractivity contribution in [2.24, 2.45) is 29.1 Å². The molecule has 0 aromatic heterocycles. The van der Waals surface area contributed by atoms with Crippen molar-refractivity contribution >= 4 is 5.91 Å². The van der Waals surface area contributed by atoms with Gasteiger partial charge in [0.2, 0.25) is 5.91 Å². The molecule has 112 valence electrons. The molecule has 5 aliphatic rings. The number of hydrogen-bond acceptors (Lipinski definition) is 2. The number of aliphatic hydroxyl groups is 1. The number of rotatable bonds is 2. The van der Waals surface area contributed by atoms with Crippen LogP contribution in [0.5, 0.6) is 0 Å². The third-order valence-electron chi connectivity index (χ3n) is 6.69. The number of likely N-dealkylation sites (tertiary alicyclic amines) is 1. The lowest BCUT2D eigenvalue weighted by molar-refractivity contribution is -0.156. The molecule has 0 radical (unpaired) electrons. The Hall–Kier alpha value is -0.570. The van der Waals surface area contributed by atoms with Crippen LogP contribution in [0, 0.1) is 29.1 Å². The summed E-state index contributed by atoms with van der Waals surface area (Å²) in [6.07, 6.45) is 8.36. The molecule has 1 N–H and O–H groups in total. The monoisotopic (exact) mass is 277 g/mol. The Balaban J connectivity index is 1.51. The largest absolute Gasteiger partial charge is 0.393 e. The zero-order valence-electron chi connectivity index (χ0n) is 12.6. The van der Waals surface area contributed by atoms with Gasteiger partial charge in [-0.1, -0.05) is 0 Å². The molecule has 1 aliphatic heterocycles. The summed E-state index contributed by atoms with van der Waals surface area (Å²) in [6, 6.07) is 0. The van der Waals surface area contributed by atoms with Crippen LogP contribution in [0.3, 0.4) is 0 Å². The van der Waals surface area contributed by atoms with Crippen LogP contribution in [0.4, 0.5) is 0 Å². The molecule has 4 bridgehead atoms. The van der Waals surface area contributed by atoms with Gasteiger partial charge in [-0.3, -0.25) is 4.79 Å². The minimum Gasteiger partial charge on any atom is -0.393 e. The number of amides is 1. The average molecular weight is 277 g/mol. The number of nitrogens with zero attached hydrogens (tertiary/aromatic N) is 1. The molecule has 0 aromatic rings. The topological polar surface area (TPSA) is 40.5 Å². The normalized spacial score (nSPS) is 47.8. The summed E-state index contributed by atoms with van der Waals surface area (Å²) in [5, 5.41) is 9.75. The van der Waals surface area contributed by atoms with E-state index >= 15 is 0 Å². The van der Waals surface area contributed by atoms with Crippen molar-refractivity contribution in [3.63, 3.8) is 0 Å². The highest BCUT2D eigenvalue weighted by Gasteiger charge is 2.56. The van der Waals surface area contributed by atoms with E-state index in [0.717, 1.165) is 56.5 Å². The van der Waals surface area contributed by atoms with Gasteiger partial charge in [-0.05, 0) is 69.6 Å². The standard InChI is InChI=1S/C17H27NO2/c1-11(19)15-2-3-18(10-15)16(20)17-7-12-4-13(8-17)6-14(5-12)9-17/h11-15,19H,2-10H2,1H3. The Bertz CT molecular complexity index is 382. The minimum atomic E-state index is -0.274. The van der Waals surface area contributed by atoms with Crippen molar-refractivity contribution < 1.29 is 9.90 Å². The van der Waals surface area contributed by atoms with E-state index in [1.807, 2.05) is 6.92 Å². The molecule has 2 unspecified atom stereocenters. The first-order valence-corrected chi connectivity index (χ1v) is 8.53. The molecular formula is C17H27NO2. The second-order valence-corrected chi connectivity index (χ2v) is 8.24. The van der Waals surface area contributed by atoms with Gasteiger partial charge in [-0.25, -0.2) is 0 Å². The predicted molar refractivity (Wildman–Crippen MR) is 77.0 cm³/mol. The van der Waals surface area contributed by atoms with E-state index in [9.17, 15) is 9.90 Å². The molecular weight excluding hydrogens is 250 g/mol. The highest BCUT2D eigenvalue weighted by molar-refractivity contribution is 5.83. The molecule has 4 saturated carbocycles. The summed E-state index contributed by atoms with van der Waals surface area (Å²) in [7, 11) is 0. The van der Waals surface area contributed by atoms with Crippen LogP contribution in [0.15, 0.2) is 0 Å². The Kier molecular flexibility index (Phi) is 2.93. The van der Waals surface area contributed by atoms with E-state index in [1.54, 1.807) is 0 Å². The lowest BCUT2D eigenvalue weighted by Gasteiger charge is -2.56. The van der Waals surface area contributed by atoms with Gasteiger partial charge in [0, 0.05) is 19.0 Å². The SMILES string of the molecule is CC(O)C1CCN(C(=O)C23CC4CC(CC(C4)C2)C3)C1. The summed E-state index contributed by atoms with van der Waals surface area (Å²) in [5.74, 6) is 3.24. The smallest absolute Gasteiger partial charge is 0.228 e. The van der Waals surface area contributed by atoms with E-state index in [1.165, 1.54) is 19.3 Å². The van der Waals surface area contributed by atoms with E-state index in [-0.39, 0.29) is 11.5 Å². The fourth-order valence-corrected chi connectivity index (χ4v) is 6.07. The molecule has 20 heavy (non-hydrogen) atoms. The fourth-order valence-electron chi connectivity index (χ4n) is 6.07. The Morgan fingerprint density at radius 1 is 1.15 bits per heavy atom. The number of aliphatic hydroxyl groups excluding tert-OH is 1. The maximum atomic E-state index is 13.1. The lowest BCUT2D eigenvalue weighted by atomic mass is 9.49. The highest BCUT2D eigenvalue weighted by Crippen LogP contribution is 2.60. The maximum absolute atomic E-state index is 13.1. The first kappa shape index (κ1) is 13.1. The van der Waals surface area contributed by atoms with Crippen LogP contribution < -0.4 is 0 Å². The Morgan fingerprint density at radius 3 is 2.15 bits per heavy atom. The van der Waals surface area contributed by atoms with Crippen LogP contribution in [0.2, 0.25) is 0 Å². The first-order valence-electron chi connectivity index (χ1n) is 8.53. The fraction of sp³-hybridized carbons (Fsp3) is 0.941. The molecule has 1 amide bonds. The molecule has 5 rings (SSSR count). The molecule has 1 saturated heterocycles. The Morgan fingerprint density at radius 2 is 1.70 bits per heavy atom. The van der Waals surface area contributed by atoms with Gasteiger partial charge in [0.25, 0.3) is 0 Å². The van der Waals surface area contributed by atoms with Crippen LogP contribution in [0.25, 0.3) is 0 Å². The van der Waals surface area contributed by atoms with Crippen molar-refractivity contribution in [3.05, 3.63) is 0 Å². The van der Waals surface area contributed by atoms with E-state index in [2.05, 4.69) is 4.90 Å². The molecule has 1 heterocycles. The first-order chi connectivity index (χ1) is 9.56. The second kappa shape index (κ2) is 4.46. The van der Waals surface area contributed by atoms with Gasteiger partial charge in [0.15, 0.2) is 0 Å². The van der Waals surface area contributed by atoms with Crippen molar-refractivity contribution in [1.82, 2.24) is 4.90 Å². The predicted octanol–water partition coefficient (Wildman–Crippen LogP) is 2.43. The van der Waals surface area contributed by atoms with Crippen molar-refractivity contribution in [2.75, 3.05) is 13.1 Å². The van der Waals surface area contributed by atoms with Crippen molar-refractivity contribution in [3.8, 4) is 0 Å². The van der Waals surface area contributed by atoms with Gasteiger partial charge in [-0.15, -0.1) is 0 Å². The maximum Gasteiger partial charge on any atom is 0.228 e. The average Bonchev–Trinajstić information content (AvgIpc) is 2.85. The highest BCUT2D eigenvalue weighted by atomic mass is 16.3. The number of carbonyl (C=O) groups excluding carboxylic acids is 1. The van der Waals surface area contributed by atoms with Gasteiger partial charge >= 0.3 is 0 Å². The van der Waals surface area contributed by atoms with Gasteiger partial charge in [0.05, 0.1) is 11.5 Å². The molecule has 5 fully saturated rings. The third kappa shape index (κ3) is 1.93. The summed E-state index contributed by atoms with van der Waals surface area (Å²) in [5.41, 5.74) is 0.00232. The van der Waals surface area contributed by atoms with E-state index in [4.69, 9.17) is 0 Å². The van der Waals surface area contributed by atoms with Gasteiger partial charge < -0.3 is 10.0 Å². The molecule has 0 aromatic carbocycles. The van der Waals surface area contributed by atoms with Crippen molar-refractivity contribution in [1.29, 1.82) is 0 Å². The minimum absolute atomic E-state index is 0.00232. The Labute approximate surface area is 121 Å². The van der Waals surface area contributed by atoms with Gasteiger partial charge in [0.1, 0.15) is 0 Å². The van der Waals surface area contributed by atoms with Crippen molar-refractivity contribution in [2.45, 2.75) is 58.0 Å². The molecule has 0 spiro atoms. The quantitative estimate of drug-likeness (QED) is 0.842. The second-order valence-electron chi connectivity index (χ2n) is 8.24. The number of hydrogen-bond donors (Lipinski definition) is 1. The molecule has 4 aliphatic carbocycles. The lowest BCUT2D eigenvalue weighted by Crippen LogP contribution is -2.54. The summed E-state index contributed by atoms with van der Waals surface area (Å²) >= 11 is 0. The summed E-state index contributed by atoms with van der Waals surface area (Å²) in [6.45, 7) is 3.53. The van der Waals surface area contributed by atoms with Crippen LogP contribution >= 0.6 is 0 Å². The molecule has 2 atom stereocenters. The van der Waals surface area contributed by atoms with E-state index < -0.39 is 0 Å². The molecule has 3 heteroatoms. The molecule has 3 nitrogen and oxygen atoms in total.